The van der Waals surface area contributed by atoms with E-state index in [4.69, 9.17) is 0 Å². The van der Waals surface area contributed by atoms with Crippen LogP contribution in [0.15, 0.2) is 0 Å². The number of aliphatic hydroxyl groups is 1. The Bertz CT molecular complexity index is 229. The number of carboxylic acids is 1. The molecule has 126 valence electrons. The first-order valence-electron chi connectivity index (χ1n) is 9.04. The van der Waals surface area contributed by atoms with Gasteiger partial charge in [-0.2, -0.15) is 0 Å². The van der Waals surface area contributed by atoms with Crippen molar-refractivity contribution >= 4 is 5.97 Å². The van der Waals surface area contributed by atoms with E-state index in [0.717, 1.165) is 51.4 Å². The van der Waals surface area contributed by atoms with E-state index in [1.54, 1.807) is 0 Å². The van der Waals surface area contributed by atoms with E-state index in [2.05, 4.69) is 6.92 Å². The third kappa shape index (κ3) is 17.4. The van der Waals surface area contributed by atoms with Gasteiger partial charge in [-0.25, -0.2) is 0 Å². The van der Waals surface area contributed by atoms with Gasteiger partial charge in [0.1, 0.15) is 0 Å². The van der Waals surface area contributed by atoms with Crippen molar-refractivity contribution in [3.05, 3.63) is 0 Å². The highest BCUT2D eigenvalue weighted by Crippen LogP contribution is 2.14. The average molecular weight is 299 g/mol. The minimum Gasteiger partial charge on any atom is -0.550 e. The van der Waals surface area contributed by atoms with Gasteiger partial charge in [0.15, 0.2) is 0 Å². The van der Waals surface area contributed by atoms with Crippen LogP contribution in [0.1, 0.15) is 103 Å². The Morgan fingerprint density at radius 1 is 0.810 bits per heavy atom. The number of carbonyl (C=O) groups is 1. The van der Waals surface area contributed by atoms with Crippen LogP contribution in [0.3, 0.4) is 0 Å². The van der Waals surface area contributed by atoms with Crippen LogP contribution in [0.25, 0.3) is 0 Å². The van der Waals surface area contributed by atoms with Crippen molar-refractivity contribution in [2.45, 2.75) is 109 Å². The standard InChI is InChI=1S/C18H36O3/c1-2-3-4-5-6-8-11-14-17(19)15-12-9-7-10-13-16-18(20)21/h17,19H,2-16H2,1H3,(H,20,21)/p-1. The molecule has 0 aliphatic carbocycles. The minimum absolute atomic E-state index is 0.135. The van der Waals surface area contributed by atoms with Crippen molar-refractivity contribution in [2.75, 3.05) is 0 Å². The van der Waals surface area contributed by atoms with Crippen molar-refractivity contribution in [1.82, 2.24) is 0 Å². The normalized spacial score (nSPS) is 12.5. The molecule has 0 aromatic heterocycles. The van der Waals surface area contributed by atoms with E-state index in [1.165, 1.54) is 38.5 Å². The summed E-state index contributed by atoms with van der Waals surface area (Å²) in [5, 5.41) is 20.1. The van der Waals surface area contributed by atoms with E-state index >= 15 is 0 Å². The monoisotopic (exact) mass is 299 g/mol. The highest BCUT2D eigenvalue weighted by atomic mass is 16.4. The summed E-state index contributed by atoms with van der Waals surface area (Å²) < 4.78 is 0. The molecule has 1 atom stereocenters. The van der Waals surface area contributed by atoms with Crippen LogP contribution < -0.4 is 5.11 Å². The van der Waals surface area contributed by atoms with Gasteiger partial charge in [-0.3, -0.25) is 0 Å². The van der Waals surface area contributed by atoms with Crippen molar-refractivity contribution in [2.24, 2.45) is 0 Å². The number of rotatable bonds is 16. The summed E-state index contributed by atoms with van der Waals surface area (Å²) >= 11 is 0. The molecule has 0 aliphatic heterocycles. The molecule has 1 N–H and O–H groups in total. The van der Waals surface area contributed by atoms with Crippen LogP contribution in [0, 0.1) is 0 Å². The smallest absolute Gasteiger partial charge is 0.0540 e. The molecular weight excluding hydrogens is 264 g/mol. The Kier molecular flexibility index (Phi) is 15.4. The summed E-state index contributed by atoms with van der Waals surface area (Å²) in [4.78, 5) is 10.2. The van der Waals surface area contributed by atoms with E-state index in [0.29, 0.717) is 0 Å². The van der Waals surface area contributed by atoms with Gasteiger partial charge in [-0.1, -0.05) is 77.6 Å². The lowest BCUT2D eigenvalue weighted by molar-refractivity contribution is -0.305. The van der Waals surface area contributed by atoms with E-state index < -0.39 is 5.97 Å². The minimum atomic E-state index is -0.944. The fraction of sp³-hybridized carbons (Fsp3) is 0.944. The molecule has 0 aliphatic rings. The van der Waals surface area contributed by atoms with E-state index in [9.17, 15) is 15.0 Å². The van der Waals surface area contributed by atoms with Gasteiger partial charge < -0.3 is 15.0 Å². The predicted molar refractivity (Wildman–Crippen MR) is 85.9 cm³/mol. The molecule has 0 amide bonds. The van der Waals surface area contributed by atoms with Crippen LogP contribution in [0.4, 0.5) is 0 Å². The summed E-state index contributed by atoms with van der Waals surface area (Å²) in [7, 11) is 0. The largest absolute Gasteiger partial charge is 0.550 e. The molecule has 0 radical (unpaired) electrons. The average Bonchev–Trinajstić information content (AvgIpc) is 2.45. The SMILES string of the molecule is CCCCCCCCCC(O)CCCCCCCC(=O)[O-]. The first kappa shape index (κ1) is 20.4. The van der Waals surface area contributed by atoms with Gasteiger partial charge in [-0.15, -0.1) is 0 Å². The van der Waals surface area contributed by atoms with Crippen LogP contribution in [-0.2, 0) is 4.79 Å². The molecule has 0 fully saturated rings. The highest BCUT2D eigenvalue weighted by molar-refractivity contribution is 5.63. The molecule has 3 nitrogen and oxygen atoms in total. The van der Waals surface area contributed by atoms with Gasteiger partial charge in [0.05, 0.1) is 6.10 Å². The van der Waals surface area contributed by atoms with E-state index in [-0.39, 0.29) is 12.5 Å². The summed E-state index contributed by atoms with van der Waals surface area (Å²) in [6.45, 7) is 2.24. The second-order valence-corrected chi connectivity index (χ2v) is 6.24. The Hall–Kier alpha value is -0.570. The second kappa shape index (κ2) is 15.8. The summed E-state index contributed by atoms with van der Waals surface area (Å²) in [6, 6.07) is 0. The van der Waals surface area contributed by atoms with Crippen LogP contribution in [0.2, 0.25) is 0 Å². The fourth-order valence-corrected chi connectivity index (χ4v) is 2.66. The third-order valence-corrected chi connectivity index (χ3v) is 4.06. The third-order valence-electron chi connectivity index (χ3n) is 4.06. The number of aliphatic carboxylic acids is 1. The van der Waals surface area contributed by atoms with Gasteiger partial charge in [0, 0.05) is 5.97 Å². The molecule has 0 rings (SSSR count). The molecule has 0 heterocycles. The summed E-state index contributed by atoms with van der Waals surface area (Å²) in [6.07, 6.45) is 15.9. The topological polar surface area (TPSA) is 60.4 Å². The van der Waals surface area contributed by atoms with Gasteiger partial charge in [-0.05, 0) is 25.7 Å². The number of hydrogen-bond donors (Lipinski definition) is 1. The van der Waals surface area contributed by atoms with Crippen LogP contribution in [-0.4, -0.2) is 17.2 Å². The maximum absolute atomic E-state index is 10.2. The highest BCUT2D eigenvalue weighted by Gasteiger charge is 2.03. The Morgan fingerprint density at radius 3 is 1.71 bits per heavy atom. The maximum atomic E-state index is 10.2. The number of unbranched alkanes of at least 4 members (excludes halogenated alkanes) is 10. The lowest BCUT2D eigenvalue weighted by atomic mass is 10.0. The number of aliphatic hydroxyl groups excluding tert-OH is 1. The molecule has 0 saturated heterocycles. The number of hydrogen-bond acceptors (Lipinski definition) is 3. The Labute approximate surface area is 131 Å². The fourth-order valence-electron chi connectivity index (χ4n) is 2.66. The predicted octanol–water partition coefficient (Wildman–Crippen LogP) is 3.97. The molecule has 21 heavy (non-hydrogen) atoms. The molecule has 1 unspecified atom stereocenters. The Balaban J connectivity index is 3.16. The first-order valence-corrected chi connectivity index (χ1v) is 9.04. The number of carboxylic acid groups (broad SMARTS) is 1. The molecule has 3 heteroatoms. The molecule has 0 aromatic carbocycles. The van der Waals surface area contributed by atoms with Crippen molar-refractivity contribution < 1.29 is 15.0 Å². The molecule has 0 bridgehead atoms. The van der Waals surface area contributed by atoms with Gasteiger partial charge in [0.25, 0.3) is 0 Å². The molecule has 0 aromatic rings. The summed E-state index contributed by atoms with van der Waals surface area (Å²) in [5.74, 6) is -0.944. The summed E-state index contributed by atoms with van der Waals surface area (Å²) in [5.41, 5.74) is 0. The van der Waals surface area contributed by atoms with Crippen LogP contribution >= 0.6 is 0 Å². The van der Waals surface area contributed by atoms with E-state index in [1.807, 2.05) is 0 Å². The maximum Gasteiger partial charge on any atom is 0.0540 e. The lowest BCUT2D eigenvalue weighted by Crippen LogP contribution is -2.21. The molecule has 0 spiro atoms. The van der Waals surface area contributed by atoms with Gasteiger partial charge >= 0.3 is 0 Å². The Morgan fingerprint density at radius 2 is 1.24 bits per heavy atom. The quantitative estimate of drug-likeness (QED) is 0.439. The van der Waals surface area contributed by atoms with Gasteiger partial charge in [0.2, 0.25) is 0 Å². The number of carbonyl (C=O) groups excluding carboxylic acids is 1. The lowest BCUT2D eigenvalue weighted by Gasteiger charge is -2.10. The second-order valence-electron chi connectivity index (χ2n) is 6.24. The van der Waals surface area contributed by atoms with Crippen molar-refractivity contribution in [3.8, 4) is 0 Å². The van der Waals surface area contributed by atoms with Crippen LogP contribution in [0.5, 0.6) is 0 Å². The molecular formula is C18H35O3-. The zero-order valence-electron chi connectivity index (χ0n) is 13.9. The zero-order chi connectivity index (χ0) is 15.8. The molecule has 0 saturated carbocycles. The van der Waals surface area contributed by atoms with Crippen molar-refractivity contribution in [1.29, 1.82) is 0 Å². The van der Waals surface area contributed by atoms with Crippen molar-refractivity contribution in [3.63, 3.8) is 0 Å². The first-order chi connectivity index (χ1) is 10.2. The zero-order valence-corrected chi connectivity index (χ0v) is 13.9.